The van der Waals surface area contributed by atoms with Gasteiger partial charge >= 0.3 is 0 Å². The molecule has 1 aliphatic heterocycles. The van der Waals surface area contributed by atoms with E-state index >= 15 is 0 Å². The molecule has 0 aromatic heterocycles. The van der Waals surface area contributed by atoms with Crippen LogP contribution in [0.1, 0.15) is 42.5 Å². The van der Waals surface area contributed by atoms with Gasteiger partial charge in [0.25, 0.3) is 0 Å². The number of hydrogen-bond acceptors (Lipinski definition) is 3. The Morgan fingerprint density at radius 1 is 1.29 bits per heavy atom. The third-order valence-electron chi connectivity index (χ3n) is 3.70. The van der Waals surface area contributed by atoms with Crippen molar-refractivity contribution in [3.63, 3.8) is 0 Å². The topological polar surface area (TPSA) is 52.3 Å². The van der Waals surface area contributed by atoms with E-state index in [0.29, 0.717) is 28.4 Å². The number of nitrogens with two attached hydrogens (primary N) is 1. The third-order valence-corrected chi connectivity index (χ3v) is 3.92. The minimum atomic E-state index is -0.300. The van der Waals surface area contributed by atoms with Gasteiger partial charge in [-0.1, -0.05) is 11.6 Å². The maximum absolute atomic E-state index is 12.2. The predicted molar refractivity (Wildman–Crippen MR) is 66.6 cm³/mol. The molecule has 90 valence electrons. The lowest BCUT2D eigenvalue weighted by atomic mass is 9.88. The molecule has 2 aliphatic rings. The number of benzene rings is 1. The molecule has 2 N–H and O–H groups in total. The van der Waals surface area contributed by atoms with Gasteiger partial charge in [0.1, 0.15) is 5.60 Å². The second-order valence-corrected chi connectivity index (χ2v) is 5.40. The molecular formula is C13H14ClNO2. The lowest BCUT2D eigenvalue weighted by Gasteiger charge is -2.35. The second kappa shape index (κ2) is 3.64. The van der Waals surface area contributed by atoms with Crippen molar-refractivity contribution in [2.75, 3.05) is 5.73 Å². The van der Waals surface area contributed by atoms with Crippen LogP contribution in [0.2, 0.25) is 5.02 Å². The van der Waals surface area contributed by atoms with Crippen molar-refractivity contribution in [2.45, 2.75) is 37.7 Å². The van der Waals surface area contributed by atoms with Crippen LogP contribution in [0, 0.1) is 0 Å². The van der Waals surface area contributed by atoms with Crippen LogP contribution >= 0.6 is 11.6 Å². The summed E-state index contributed by atoms with van der Waals surface area (Å²) in [7, 11) is 0. The van der Waals surface area contributed by atoms with Crippen LogP contribution in [0.25, 0.3) is 0 Å². The van der Waals surface area contributed by atoms with Crippen molar-refractivity contribution < 1.29 is 9.53 Å². The van der Waals surface area contributed by atoms with Gasteiger partial charge in [0.15, 0.2) is 11.5 Å². The van der Waals surface area contributed by atoms with Gasteiger partial charge in [-0.15, -0.1) is 0 Å². The zero-order valence-electron chi connectivity index (χ0n) is 9.46. The van der Waals surface area contributed by atoms with Crippen molar-refractivity contribution in [3.05, 3.63) is 22.7 Å². The van der Waals surface area contributed by atoms with Crippen LogP contribution in [0.5, 0.6) is 5.75 Å². The lowest BCUT2D eigenvalue weighted by Crippen LogP contribution is -2.39. The molecule has 4 heteroatoms. The summed E-state index contributed by atoms with van der Waals surface area (Å²) in [6, 6.07) is 3.29. The van der Waals surface area contributed by atoms with Gasteiger partial charge in [-0.05, 0) is 37.8 Å². The second-order valence-electron chi connectivity index (χ2n) is 4.96. The Morgan fingerprint density at radius 2 is 2.00 bits per heavy atom. The van der Waals surface area contributed by atoms with Gasteiger partial charge in [-0.25, -0.2) is 0 Å². The Labute approximate surface area is 105 Å². The van der Waals surface area contributed by atoms with E-state index in [1.54, 1.807) is 12.1 Å². The lowest BCUT2D eigenvalue weighted by molar-refractivity contribution is 0.0456. The fraction of sp³-hybridized carbons (Fsp3) is 0.462. The molecule has 1 spiro atoms. The summed E-state index contributed by atoms with van der Waals surface area (Å²) < 4.78 is 6.03. The molecule has 0 atom stereocenters. The summed E-state index contributed by atoms with van der Waals surface area (Å²) in [5.74, 6) is 0.634. The van der Waals surface area contributed by atoms with E-state index in [1.165, 1.54) is 0 Å². The molecule has 1 saturated carbocycles. The zero-order chi connectivity index (χ0) is 12.0. The minimum Gasteiger partial charge on any atom is -0.484 e. The number of nitrogen functional groups attached to an aromatic ring is 1. The number of hydrogen-bond donors (Lipinski definition) is 1. The molecule has 1 aromatic carbocycles. The van der Waals surface area contributed by atoms with Gasteiger partial charge in [-0.3, -0.25) is 4.79 Å². The van der Waals surface area contributed by atoms with E-state index in [2.05, 4.69) is 0 Å². The highest BCUT2D eigenvalue weighted by Crippen LogP contribution is 2.45. The summed E-state index contributed by atoms with van der Waals surface area (Å²) in [4.78, 5) is 12.2. The number of fused-ring (bicyclic) bond motifs is 1. The number of Topliss-reactive ketones (excluding diaryl/α,β-unsaturated/α-hetero) is 1. The Balaban J connectivity index is 2.09. The molecule has 1 heterocycles. The molecule has 1 aromatic rings. The van der Waals surface area contributed by atoms with Gasteiger partial charge < -0.3 is 10.5 Å². The molecule has 0 unspecified atom stereocenters. The number of carbonyl (C=O) groups is 1. The van der Waals surface area contributed by atoms with Gasteiger partial charge in [0, 0.05) is 5.02 Å². The first-order chi connectivity index (χ1) is 8.10. The van der Waals surface area contributed by atoms with Crippen molar-refractivity contribution in [3.8, 4) is 5.75 Å². The van der Waals surface area contributed by atoms with Gasteiger partial charge in [-0.2, -0.15) is 0 Å². The highest BCUT2D eigenvalue weighted by atomic mass is 35.5. The van der Waals surface area contributed by atoms with E-state index in [-0.39, 0.29) is 11.4 Å². The maximum atomic E-state index is 12.2. The normalized spacial score (nSPS) is 21.4. The van der Waals surface area contributed by atoms with Crippen molar-refractivity contribution in [2.24, 2.45) is 0 Å². The molecule has 0 amide bonds. The fourth-order valence-electron chi connectivity index (χ4n) is 2.87. The summed E-state index contributed by atoms with van der Waals surface area (Å²) in [5.41, 5.74) is 6.59. The summed E-state index contributed by atoms with van der Waals surface area (Å²) in [6.45, 7) is 0. The third kappa shape index (κ3) is 1.69. The van der Waals surface area contributed by atoms with Crippen molar-refractivity contribution >= 4 is 23.1 Å². The molecule has 1 aliphatic carbocycles. The van der Waals surface area contributed by atoms with E-state index in [9.17, 15) is 4.79 Å². The first-order valence-electron chi connectivity index (χ1n) is 5.91. The number of carbonyl (C=O) groups excluding carboxylic acids is 1. The smallest absolute Gasteiger partial charge is 0.170 e. The number of anilines is 1. The first kappa shape index (κ1) is 10.9. The van der Waals surface area contributed by atoms with E-state index in [1.807, 2.05) is 0 Å². The average Bonchev–Trinajstić information content (AvgIpc) is 2.69. The van der Waals surface area contributed by atoms with E-state index < -0.39 is 0 Å². The maximum Gasteiger partial charge on any atom is 0.170 e. The first-order valence-corrected chi connectivity index (χ1v) is 6.29. The number of ketones is 1. The van der Waals surface area contributed by atoms with Crippen LogP contribution < -0.4 is 10.5 Å². The number of ether oxygens (including phenoxy) is 1. The molecule has 1 fully saturated rings. The van der Waals surface area contributed by atoms with Crippen LogP contribution in [0.15, 0.2) is 12.1 Å². The van der Waals surface area contributed by atoms with Gasteiger partial charge in [0.2, 0.25) is 0 Å². The zero-order valence-corrected chi connectivity index (χ0v) is 10.2. The van der Waals surface area contributed by atoms with Crippen LogP contribution in [0.4, 0.5) is 5.69 Å². The highest BCUT2D eigenvalue weighted by molar-refractivity contribution is 6.31. The quantitative estimate of drug-likeness (QED) is 0.721. The SMILES string of the molecule is Nc1cc(Cl)cc2c1OC1(CCCC1)CC2=O. The molecule has 0 saturated heterocycles. The van der Waals surface area contributed by atoms with Crippen LogP contribution in [0.3, 0.4) is 0 Å². The van der Waals surface area contributed by atoms with Crippen molar-refractivity contribution in [1.82, 2.24) is 0 Å². The Bertz CT molecular complexity index is 492. The monoisotopic (exact) mass is 251 g/mol. The largest absolute Gasteiger partial charge is 0.484 e. The minimum absolute atomic E-state index is 0.0994. The van der Waals surface area contributed by atoms with Crippen LogP contribution in [-0.4, -0.2) is 11.4 Å². The molecule has 3 nitrogen and oxygen atoms in total. The molecule has 3 rings (SSSR count). The standard InChI is InChI=1S/C13H14ClNO2/c14-8-5-9-11(16)7-13(3-1-2-4-13)17-12(9)10(15)6-8/h5-6H,1-4,7,15H2. The Hall–Kier alpha value is -1.22. The van der Waals surface area contributed by atoms with E-state index in [0.717, 1.165) is 25.7 Å². The van der Waals surface area contributed by atoms with Crippen LogP contribution in [-0.2, 0) is 0 Å². The number of halogens is 1. The highest BCUT2D eigenvalue weighted by Gasteiger charge is 2.43. The van der Waals surface area contributed by atoms with Crippen molar-refractivity contribution in [1.29, 1.82) is 0 Å². The fourth-order valence-corrected chi connectivity index (χ4v) is 3.10. The predicted octanol–water partition coefficient (Wildman–Crippen LogP) is 3.20. The summed E-state index contributed by atoms with van der Waals surface area (Å²) in [5, 5.41) is 0.487. The summed E-state index contributed by atoms with van der Waals surface area (Å²) in [6.07, 6.45) is 4.59. The Morgan fingerprint density at radius 3 is 2.71 bits per heavy atom. The molecular weight excluding hydrogens is 238 g/mol. The molecule has 17 heavy (non-hydrogen) atoms. The molecule has 0 bridgehead atoms. The van der Waals surface area contributed by atoms with Gasteiger partial charge in [0.05, 0.1) is 17.7 Å². The average molecular weight is 252 g/mol. The summed E-state index contributed by atoms with van der Waals surface area (Å²) >= 11 is 5.91. The van der Waals surface area contributed by atoms with E-state index in [4.69, 9.17) is 22.1 Å². The Kier molecular flexibility index (Phi) is 2.33. The molecule has 0 radical (unpaired) electrons. The number of rotatable bonds is 0.